The maximum absolute atomic E-state index is 14.1. The van der Waals surface area contributed by atoms with Crippen molar-refractivity contribution in [2.45, 2.75) is 58.3 Å². The molecule has 0 aliphatic carbocycles. The van der Waals surface area contributed by atoms with Crippen LogP contribution in [0.15, 0.2) is 81.6 Å². The Hall–Kier alpha value is -3.96. The number of amides is 1. The highest BCUT2D eigenvalue weighted by molar-refractivity contribution is 9.10. The minimum atomic E-state index is -0.607. The van der Waals surface area contributed by atoms with Gasteiger partial charge in [0.25, 0.3) is 5.91 Å². The van der Waals surface area contributed by atoms with Gasteiger partial charge in [-0.15, -0.1) is 5.10 Å². The summed E-state index contributed by atoms with van der Waals surface area (Å²) in [5.74, 6) is 2.89. The molecule has 0 radical (unpaired) electrons. The number of allylic oxidation sites excluding steroid dienone is 1. The highest BCUT2D eigenvalue weighted by atomic mass is 79.9. The number of thioether (sulfide) groups is 1. The summed E-state index contributed by atoms with van der Waals surface area (Å²) in [6.07, 6.45) is 2.14. The minimum Gasteiger partial charge on any atom is -0.493 e. The minimum absolute atomic E-state index is 0.284. The number of methoxy groups -OCH3 is 1. The summed E-state index contributed by atoms with van der Waals surface area (Å²) in [4.78, 5) is 18.9. The third kappa shape index (κ3) is 7.48. The molecule has 2 N–H and O–H groups in total. The van der Waals surface area contributed by atoms with Crippen LogP contribution in [0.4, 0.5) is 11.6 Å². The fourth-order valence-corrected chi connectivity index (χ4v) is 6.51. The molecule has 9 nitrogen and oxygen atoms in total. The summed E-state index contributed by atoms with van der Waals surface area (Å²) in [7, 11) is 1.61. The van der Waals surface area contributed by atoms with Crippen molar-refractivity contribution in [2.24, 2.45) is 0 Å². The van der Waals surface area contributed by atoms with Crippen LogP contribution in [-0.2, 0) is 11.4 Å². The lowest BCUT2D eigenvalue weighted by atomic mass is 9.94. The van der Waals surface area contributed by atoms with E-state index in [0.29, 0.717) is 63.0 Å². The standard InChI is InChI=1S/C34H38BrN5O4S/c1-6-8-17-45-34-38-33-36-22(4)29(32(41)37-26-11-9-10-12-27(26)43-7-2)30(40(33)39-34)24-18-25(35)31(28(19-24)42-5)44-20-23-15-13-21(3)14-16-23/h9-16,18-19,30H,6-8,17,20H2,1-5H3,(H,37,41)(H,36,38,39). The smallest absolute Gasteiger partial charge is 0.255 e. The molecule has 45 heavy (non-hydrogen) atoms. The predicted octanol–water partition coefficient (Wildman–Crippen LogP) is 8.16. The lowest BCUT2D eigenvalue weighted by Crippen LogP contribution is -2.31. The van der Waals surface area contributed by atoms with E-state index < -0.39 is 6.04 Å². The normalized spacial score (nSPS) is 14.0. The van der Waals surface area contributed by atoms with E-state index in [0.717, 1.165) is 29.7 Å². The molecule has 4 aromatic rings. The Bertz CT molecular complexity index is 1690. The molecule has 1 atom stereocenters. The zero-order chi connectivity index (χ0) is 31.9. The largest absolute Gasteiger partial charge is 0.493 e. The number of unbranched alkanes of at least 4 members (excludes halogenated alkanes) is 1. The Morgan fingerprint density at radius 2 is 1.84 bits per heavy atom. The van der Waals surface area contributed by atoms with E-state index in [-0.39, 0.29) is 5.91 Å². The van der Waals surface area contributed by atoms with Crippen molar-refractivity contribution < 1.29 is 19.0 Å². The Kier molecular flexibility index (Phi) is 10.7. The van der Waals surface area contributed by atoms with Crippen molar-refractivity contribution in [1.82, 2.24) is 14.8 Å². The average molecular weight is 693 g/mol. The van der Waals surface area contributed by atoms with Crippen molar-refractivity contribution in [1.29, 1.82) is 0 Å². The fourth-order valence-electron chi connectivity index (χ4n) is 5.02. The molecule has 0 spiro atoms. The van der Waals surface area contributed by atoms with Crippen LogP contribution in [0.5, 0.6) is 17.2 Å². The number of hydrogen-bond acceptors (Lipinski definition) is 8. The van der Waals surface area contributed by atoms with E-state index in [9.17, 15) is 4.79 Å². The number of hydrogen-bond donors (Lipinski definition) is 2. The van der Waals surface area contributed by atoms with Crippen molar-refractivity contribution in [2.75, 3.05) is 30.1 Å². The monoisotopic (exact) mass is 691 g/mol. The van der Waals surface area contributed by atoms with Crippen LogP contribution in [0.2, 0.25) is 0 Å². The van der Waals surface area contributed by atoms with E-state index in [4.69, 9.17) is 24.3 Å². The van der Waals surface area contributed by atoms with Gasteiger partial charge in [0, 0.05) is 11.4 Å². The number of rotatable bonds is 13. The van der Waals surface area contributed by atoms with Gasteiger partial charge >= 0.3 is 0 Å². The number of nitrogens with one attached hydrogen (secondary N) is 2. The molecule has 1 aliphatic rings. The third-order valence-corrected chi connectivity index (χ3v) is 8.83. The Morgan fingerprint density at radius 3 is 2.58 bits per heavy atom. The van der Waals surface area contributed by atoms with E-state index in [2.05, 4.69) is 52.5 Å². The first-order valence-electron chi connectivity index (χ1n) is 15.0. The van der Waals surface area contributed by atoms with E-state index in [1.165, 1.54) is 5.56 Å². The molecule has 1 amide bonds. The highest BCUT2D eigenvalue weighted by Crippen LogP contribution is 2.43. The maximum atomic E-state index is 14.1. The first kappa shape index (κ1) is 32.4. The zero-order valence-electron chi connectivity index (χ0n) is 26.1. The number of nitrogens with zero attached hydrogens (tertiary/aromatic N) is 3. The molecule has 0 saturated carbocycles. The first-order chi connectivity index (χ1) is 21.8. The van der Waals surface area contributed by atoms with Crippen molar-refractivity contribution in [3.63, 3.8) is 0 Å². The summed E-state index contributed by atoms with van der Waals surface area (Å²) in [6.45, 7) is 8.85. The van der Waals surface area contributed by atoms with Gasteiger partial charge in [0.2, 0.25) is 11.1 Å². The van der Waals surface area contributed by atoms with E-state index in [1.54, 1.807) is 23.6 Å². The SMILES string of the molecule is CCCCSc1nc2n(n1)C(c1cc(Br)c(OCc3ccc(C)cc3)c(OC)c1)C(C(=O)Nc1ccccc1OCC)=C(C)N2. The lowest BCUT2D eigenvalue weighted by molar-refractivity contribution is -0.113. The van der Waals surface area contributed by atoms with Gasteiger partial charge in [0.1, 0.15) is 18.4 Å². The third-order valence-electron chi connectivity index (χ3n) is 7.31. The number of fused-ring (bicyclic) bond motifs is 1. The lowest BCUT2D eigenvalue weighted by Gasteiger charge is -2.29. The summed E-state index contributed by atoms with van der Waals surface area (Å²) in [5.41, 5.74) is 4.76. The molecule has 3 aromatic carbocycles. The molecule has 2 heterocycles. The number of carbonyl (C=O) groups is 1. The predicted molar refractivity (Wildman–Crippen MR) is 183 cm³/mol. The van der Waals surface area contributed by atoms with Crippen molar-refractivity contribution in [3.8, 4) is 17.2 Å². The molecule has 1 unspecified atom stereocenters. The van der Waals surface area contributed by atoms with Gasteiger partial charge in [-0.2, -0.15) is 4.98 Å². The Labute approximate surface area is 276 Å². The van der Waals surface area contributed by atoms with Gasteiger partial charge < -0.3 is 24.8 Å². The molecule has 236 valence electrons. The zero-order valence-corrected chi connectivity index (χ0v) is 28.5. The number of halogens is 1. The van der Waals surface area contributed by atoms with Crippen molar-refractivity contribution >= 4 is 45.2 Å². The summed E-state index contributed by atoms with van der Waals surface area (Å²) in [5, 5.41) is 11.9. The maximum Gasteiger partial charge on any atom is 0.255 e. The van der Waals surface area contributed by atoms with Crippen molar-refractivity contribution in [3.05, 3.63) is 93.1 Å². The second-order valence-electron chi connectivity index (χ2n) is 10.6. The Balaban J connectivity index is 1.54. The van der Waals surface area contributed by atoms with Gasteiger partial charge in [-0.1, -0.05) is 67.1 Å². The molecule has 0 saturated heterocycles. The summed E-state index contributed by atoms with van der Waals surface area (Å²) in [6, 6.07) is 18.9. The van der Waals surface area contributed by atoms with Gasteiger partial charge in [-0.05, 0) is 78.5 Å². The van der Waals surface area contributed by atoms with Gasteiger partial charge in [0.15, 0.2) is 11.5 Å². The quantitative estimate of drug-likeness (QED) is 0.107. The number of ether oxygens (including phenoxy) is 3. The van der Waals surface area contributed by atoms with E-state index in [1.807, 2.05) is 62.4 Å². The molecular weight excluding hydrogens is 654 g/mol. The number of benzene rings is 3. The van der Waals surface area contributed by atoms with Gasteiger partial charge in [-0.25, -0.2) is 4.68 Å². The van der Waals surface area contributed by atoms with Crippen LogP contribution >= 0.6 is 27.7 Å². The van der Waals surface area contributed by atoms with Crippen LogP contribution in [0.3, 0.4) is 0 Å². The number of aryl methyl sites for hydroxylation is 1. The number of aromatic nitrogens is 3. The van der Waals surface area contributed by atoms with Crippen LogP contribution in [0.1, 0.15) is 56.3 Å². The van der Waals surface area contributed by atoms with E-state index >= 15 is 0 Å². The molecule has 1 aliphatic heterocycles. The number of para-hydroxylation sites is 2. The summed E-state index contributed by atoms with van der Waals surface area (Å²) >= 11 is 5.33. The topological polar surface area (TPSA) is 99.5 Å². The van der Waals surface area contributed by atoms with Crippen LogP contribution in [-0.4, -0.2) is 40.1 Å². The van der Waals surface area contributed by atoms with Gasteiger partial charge in [-0.3, -0.25) is 4.79 Å². The number of anilines is 2. The molecule has 11 heteroatoms. The highest BCUT2D eigenvalue weighted by Gasteiger charge is 2.35. The first-order valence-corrected chi connectivity index (χ1v) is 16.8. The molecule has 0 bridgehead atoms. The number of carbonyl (C=O) groups excluding carboxylic acids is 1. The molecule has 5 rings (SSSR count). The second-order valence-corrected chi connectivity index (χ2v) is 12.5. The summed E-state index contributed by atoms with van der Waals surface area (Å²) < 4.78 is 20.3. The fraction of sp³-hybridized carbons (Fsp3) is 0.324. The van der Waals surface area contributed by atoms with Gasteiger partial charge in [0.05, 0.1) is 29.4 Å². The molecular formula is C34H38BrN5O4S. The molecule has 0 fully saturated rings. The van der Waals surface area contributed by atoms with Crippen LogP contribution in [0.25, 0.3) is 0 Å². The van der Waals surface area contributed by atoms with Crippen LogP contribution in [0, 0.1) is 6.92 Å². The average Bonchev–Trinajstić information content (AvgIpc) is 3.43. The second kappa shape index (κ2) is 14.9. The Morgan fingerprint density at radius 1 is 1.07 bits per heavy atom. The van der Waals surface area contributed by atoms with Crippen LogP contribution < -0.4 is 24.8 Å². The molecule has 1 aromatic heterocycles.